The molecule has 0 unspecified atom stereocenters. The monoisotopic (exact) mass is 352 g/mol. The Morgan fingerprint density at radius 1 is 1.27 bits per heavy atom. The number of amides is 1. The molecule has 2 aliphatic rings. The molecule has 1 N–H and O–H groups in total. The van der Waals surface area contributed by atoms with E-state index in [9.17, 15) is 4.79 Å². The van der Waals surface area contributed by atoms with Gasteiger partial charge in [0.2, 0.25) is 0 Å². The van der Waals surface area contributed by atoms with Crippen LogP contribution in [0.15, 0.2) is 42.9 Å². The van der Waals surface area contributed by atoms with Crippen LogP contribution in [0.3, 0.4) is 0 Å². The lowest BCUT2D eigenvalue weighted by atomic mass is 10.1. The van der Waals surface area contributed by atoms with Crippen molar-refractivity contribution >= 4 is 11.7 Å². The van der Waals surface area contributed by atoms with Crippen LogP contribution >= 0.6 is 0 Å². The van der Waals surface area contributed by atoms with Gasteiger partial charge in [-0.25, -0.2) is 4.98 Å². The first-order valence-electron chi connectivity index (χ1n) is 9.30. The highest BCUT2D eigenvalue weighted by atomic mass is 16.5. The van der Waals surface area contributed by atoms with E-state index < -0.39 is 0 Å². The predicted octanol–water partition coefficient (Wildman–Crippen LogP) is 2.55. The summed E-state index contributed by atoms with van der Waals surface area (Å²) in [6.45, 7) is 2.30. The van der Waals surface area contributed by atoms with Crippen molar-refractivity contribution < 1.29 is 9.53 Å². The highest BCUT2D eigenvalue weighted by Crippen LogP contribution is 2.22. The van der Waals surface area contributed by atoms with Crippen molar-refractivity contribution in [2.45, 2.75) is 44.4 Å². The summed E-state index contributed by atoms with van der Waals surface area (Å²) in [7, 11) is 0. The number of aromatic nitrogens is 2. The first-order chi connectivity index (χ1) is 12.8. The minimum Gasteiger partial charge on any atom is -0.372 e. The molecule has 0 spiro atoms. The van der Waals surface area contributed by atoms with Gasteiger partial charge in [-0.1, -0.05) is 6.07 Å². The van der Waals surface area contributed by atoms with E-state index in [0.29, 0.717) is 18.2 Å². The van der Waals surface area contributed by atoms with Crippen molar-refractivity contribution in [3.63, 3.8) is 0 Å². The molecule has 1 aliphatic carbocycles. The summed E-state index contributed by atoms with van der Waals surface area (Å²) in [5, 5.41) is 3.03. The first-order valence-corrected chi connectivity index (χ1v) is 9.30. The molecule has 2 fully saturated rings. The summed E-state index contributed by atoms with van der Waals surface area (Å²) < 4.78 is 6.07. The molecular weight excluding hydrogens is 328 g/mol. The molecule has 6 nitrogen and oxygen atoms in total. The number of ether oxygens (including phenoxy) is 1. The number of pyridine rings is 2. The van der Waals surface area contributed by atoms with E-state index >= 15 is 0 Å². The Morgan fingerprint density at radius 2 is 2.19 bits per heavy atom. The largest absolute Gasteiger partial charge is 0.372 e. The van der Waals surface area contributed by atoms with Crippen LogP contribution in [0.4, 0.5) is 5.82 Å². The molecule has 1 saturated carbocycles. The van der Waals surface area contributed by atoms with Gasteiger partial charge in [0.1, 0.15) is 5.82 Å². The van der Waals surface area contributed by atoms with Crippen molar-refractivity contribution in [2.24, 2.45) is 0 Å². The number of nitrogens with zero attached hydrogens (tertiary/aromatic N) is 3. The van der Waals surface area contributed by atoms with Gasteiger partial charge in [-0.3, -0.25) is 9.78 Å². The fraction of sp³-hybridized carbons (Fsp3) is 0.450. The lowest BCUT2D eigenvalue weighted by Crippen LogP contribution is -2.40. The molecule has 1 aliphatic heterocycles. The second kappa shape index (κ2) is 7.83. The Morgan fingerprint density at radius 3 is 3.00 bits per heavy atom. The van der Waals surface area contributed by atoms with E-state index in [0.717, 1.165) is 50.2 Å². The number of carbonyl (C=O) groups excluding carboxylic acids is 1. The number of rotatable bonds is 6. The number of anilines is 1. The topological polar surface area (TPSA) is 67.4 Å². The van der Waals surface area contributed by atoms with Crippen LogP contribution in [-0.4, -0.2) is 41.1 Å². The van der Waals surface area contributed by atoms with E-state index in [1.54, 1.807) is 18.5 Å². The van der Waals surface area contributed by atoms with Crippen LogP contribution in [0.1, 0.15) is 41.6 Å². The summed E-state index contributed by atoms with van der Waals surface area (Å²) in [4.78, 5) is 23.1. The highest BCUT2D eigenvalue weighted by Gasteiger charge is 2.25. The van der Waals surface area contributed by atoms with E-state index in [1.807, 2.05) is 24.4 Å². The number of nitrogens with one attached hydrogen (secondary N) is 1. The third-order valence-electron chi connectivity index (χ3n) is 4.83. The molecule has 4 rings (SSSR count). The maximum atomic E-state index is 12.3. The van der Waals surface area contributed by atoms with E-state index in [2.05, 4.69) is 20.2 Å². The molecule has 2 aromatic rings. The molecule has 0 aromatic carbocycles. The molecule has 26 heavy (non-hydrogen) atoms. The summed E-state index contributed by atoms with van der Waals surface area (Å²) in [6.07, 6.45) is 9.76. The van der Waals surface area contributed by atoms with Gasteiger partial charge in [-0.05, 0) is 49.4 Å². The number of piperidine rings is 1. The van der Waals surface area contributed by atoms with Gasteiger partial charge in [-0.15, -0.1) is 0 Å². The SMILES string of the molecule is O=C(NC1CC1)c1ccnc(N2CCC[C@@H](OCc3cccnc3)C2)c1. The second-order valence-electron chi connectivity index (χ2n) is 7.03. The number of carbonyl (C=O) groups is 1. The molecular formula is C20H24N4O2. The average Bonchev–Trinajstić information content (AvgIpc) is 3.51. The van der Waals surface area contributed by atoms with Crippen molar-refractivity contribution in [3.05, 3.63) is 54.0 Å². The van der Waals surface area contributed by atoms with E-state index in [1.165, 1.54) is 0 Å². The van der Waals surface area contributed by atoms with Crippen LogP contribution in [0.5, 0.6) is 0 Å². The number of hydrogen-bond donors (Lipinski definition) is 1. The Kier molecular flexibility index (Phi) is 5.11. The van der Waals surface area contributed by atoms with Gasteiger partial charge in [0.15, 0.2) is 0 Å². The molecule has 1 saturated heterocycles. The summed E-state index contributed by atoms with van der Waals surface area (Å²) in [5.74, 6) is 0.848. The van der Waals surface area contributed by atoms with Gasteiger partial charge in [0.25, 0.3) is 5.91 Å². The standard InChI is InChI=1S/C20H24N4O2/c25-20(23-17-5-6-17)16-7-9-22-19(11-16)24-10-2-4-18(13-24)26-14-15-3-1-8-21-12-15/h1,3,7-9,11-12,17-18H,2,4-6,10,13-14H2,(H,23,25)/t18-/m1/s1. The quantitative estimate of drug-likeness (QED) is 0.865. The lowest BCUT2D eigenvalue weighted by molar-refractivity contribution is 0.0313. The van der Waals surface area contributed by atoms with Gasteiger partial charge in [0.05, 0.1) is 12.7 Å². The van der Waals surface area contributed by atoms with Crippen LogP contribution in [0.25, 0.3) is 0 Å². The maximum absolute atomic E-state index is 12.3. The Balaban J connectivity index is 1.37. The number of hydrogen-bond acceptors (Lipinski definition) is 5. The summed E-state index contributed by atoms with van der Waals surface area (Å²) in [5.41, 5.74) is 1.77. The van der Waals surface area contributed by atoms with Gasteiger partial charge in [-0.2, -0.15) is 0 Å². The maximum Gasteiger partial charge on any atom is 0.251 e. The van der Waals surface area contributed by atoms with Crippen molar-refractivity contribution in [1.29, 1.82) is 0 Å². The zero-order valence-corrected chi connectivity index (χ0v) is 14.8. The third kappa shape index (κ3) is 4.38. The zero-order chi connectivity index (χ0) is 17.8. The average molecular weight is 352 g/mol. The highest BCUT2D eigenvalue weighted by molar-refractivity contribution is 5.95. The van der Waals surface area contributed by atoms with Gasteiger partial charge >= 0.3 is 0 Å². The van der Waals surface area contributed by atoms with E-state index in [-0.39, 0.29) is 12.0 Å². The third-order valence-corrected chi connectivity index (χ3v) is 4.83. The molecule has 0 radical (unpaired) electrons. The zero-order valence-electron chi connectivity index (χ0n) is 14.8. The Hall–Kier alpha value is -2.47. The van der Waals surface area contributed by atoms with Crippen molar-refractivity contribution in [3.8, 4) is 0 Å². The molecule has 6 heteroatoms. The fourth-order valence-electron chi connectivity index (χ4n) is 3.21. The molecule has 136 valence electrons. The van der Waals surface area contributed by atoms with E-state index in [4.69, 9.17) is 4.74 Å². The second-order valence-corrected chi connectivity index (χ2v) is 7.03. The fourth-order valence-corrected chi connectivity index (χ4v) is 3.21. The Bertz CT molecular complexity index is 748. The molecule has 1 atom stereocenters. The van der Waals surface area contributed by atoms with Gasteiger partial charge in [0, 0.05) is 43.3 Å². The molecule has 2 aromatic heterocycles. The smallest absolute Gasteiger partial charge is 0.251 e. The van der Waals surface area contributed by atoms with Crippen LogP contribution in [0, 0.1) is 0 Å². The summed E-state index contributed by atoms with van der Waals surface area (Å²) >= 11 is 0. The van der Waals surface area contributed by atoms with Crippen LogP contribution < -0.4 is 10.2 Å². The molecule has 1 amide bonds. The van der Waals surface area contributed by atoms with Crippen LogP contribution in [0.2, 0.25) is 0 Å². The minimum atomic E-state index is -0.00228. The van der Waals surface area contributed by atoms with Crippen molar-refractivity contribution in [1.82, 2.24) is 15.3 Å². The minimum absolute atomic E-state index is 0.00228. The normalized spacial score (nSPS) is 20.0. The van der Waals surface area contributed by atoms with Crippen molar-refractivity contribution in [2.75, 3.05) is 18.0 Å². The Labute approximate surface area is 153 Å². The van der Waals surface area contributed by atoms with Crippen LogP contribution in [-0.2, 0) is 11.3 Å². The van der Waals surface area contributed by atoms with Gasteiger partial charge < -0.3 is 15.0 Å². The first kappa shape index (κ1) is 17.0. The predicted molar refractivity (Wildman–Crippen MR) is 99.0 cm³/mol. The lowest BCUT2D eigenvalue weighted by Gasteiger charge is -2.33. The summed E-state index contributed by atoms with van der Waals surface area (Å²) in [6, 6.07) is 7.98. The molecule has 0 bridgehead atoms. The molecule has 3 heterocycles.